The predicted octanol–water partition coefficient (Wildman–Crippen LogP) is 2.09. The van der Waals surface area contributed by atoms with Gasteiger partial charge in [-0.3, -0.25) is 4.90 Å². The molecular weight excluding hydrogens is 204 g/mol. The van der Waals surface area contributed by atoms with Crippen LogP contribution in [0, 0.1) is 0 Å². The second-order valence-electron chi connectivity index (χ2n) is 5.11. The molecule has 0 aromatic rings. The molecule has 2 nitrogen and oxygen atoms in total. The molecule has 0 radical (unpaired) electrons. The second-order valence-corrected chi connectivity index (χ2v) is 6.26. The van der Waals surface area contributed by atoms with Crippen molar-refractivity contribution in [2.45, 2.75) is 50.6 Å². The second kappa shape index (κ2) is 5.07. The lowest BCUT2D eigenvalue weighted by molar-refractivity contribution is 0.0348. The molecule has 1 unspecified atom stereocenters. The Labute approximate surface area is 98.0 Å². The van der Waals surface area contributed by atoms with Crippen molar-refractivity contribution in [2.75, 3.05) is 24.6 Å². The molecule has 1 atom stereocenters. The van der Waals surface area contributed by atoms with Gasteiger partial charge in [0.05, 0.1) is 0 Å². The third-order valence-electron chi connectivity index (χ3n) is 4.14. The van der Waals surface area contributed by atoms with Gasteiger partial charge in [0.1, 0.15) is 0 Å². The van der Waals surface area contributed by atoms with Crippen LogP contribution in [0.25, 0.3) is 0 Å². The molecule has 1 saturated carbocycles. The Morgan fingerprint density at radius 1 is 1.33 bits per heavy atom. The quantitative estimate of drug-likeness (QED) is 0.785. The van der Waals surface area contributed by atoms with E-state index in [1.807, 2.05) is 0 Å². The summed E-state index contributed by atoms with van der Waals surface area (Å²) in [6.07, 6.45) is 6.84. The monoisotopic (exact) mass is 228 g/mol. The van der Waals surface area contributed by atoms with E-state index in [0.717, 1.165) is 12.6 Å². The lowest BCUT2D eigenvalue weighted by atomic mass is 9.79. The van der Waals surface area contributed by atoms with Crippen molar-refractivity contribution in [3.05, 3.63) is 0 Å². The van der Waals surface area contributed by atoms with Gasteiger partial charge in [-0.15, -0.1) is 0 Å². The van der Waals surface area contributed by atoms with Crippen molar-refractivity contribution in [1.29, 1.82) is 0 Å². The highest BCUT2D eigenvalue weighted by atomic mass is 32.2. The lowest BCUT2D eigenvalue weighted by Crippen LogP contribution is -2.60. The fourth-order valence-electron chi connectivity index (χ4n) is 3.25. The van der Waals surface area contributed by atoms with E-state index in [9.17, 15) is 0 Å². The zero-order chi connectivity index (χ0) is 10.7. The van der Waals surface area contributed by atoms with E-state index >= 15 is 0 Å². The average Bonchev–Trinajstić information content (AvgIpc) is 2.30. The molecule has 0 bridgehead atoms. The van der Waals surface area contributed by atoms with Gasteiger partial charge < -0.3 is 5.73 Å². The predicted molar refractivity (Wildman–Crippen MR) is 68.4 cm³/mol. The molecular formula is C12H24N2S. The molecule has 2 aliphatic rings. The Morgan fingerprint density at radius 3 is 2.67 bits per heavy atom. The number of rotatable bonds is 2. The van der Waals surface area contributed by atoms with Crippen molar-refractivity contribution in [3.8, 4) is 0 Å². The summed E-state index contributed by atoms with van der Waals surface area (Å²) >= 11 is 2.10. The SMILES string of the molecule is CC1CSCCN1C1(CN)CCCCC1. The third kappa shape index (κ3) is 2.34. The fraction of sp³-hybridized carbons (Fsp3) is 1.00. The van der Waals surface area contributed by atoms with Crippen molar-refractivity contribution in [2.24, 2.45) is 5.73 Å². The van der Waals surface area contributed by atoms with E-state index in [2.05, 4.69) is 23.6 Å². The van der Waals surface area contributed by atoms with Gasteiger partial charge in [0.15, 0.2) is 0 Å². The molecule has 3 heteroatoms. The summed E-state index contributed by atoms with van der Waals surface area (Å²) in [4.78, 5) is 2.72. The van der Waals surface area contributed by atoms with Gasteiger partial charge in [0, 0.05) is 36.2 Å². The first-order valence-electron chi connectivity index (χ1n) is 6.33. The summed E-state index contributed by atoms with van der Waals surface area (Å²) in [5, 5.41) is 0. The molecule has 2 rings (SSSR count). The van der Waals surface area contributed by atoms with Crippen LogP contribution in [-0.2, 0) is 0 Å². The van der Waals surface area contributed by atoms with Crippen molar-refractivity contribution in [3.63, 3.8) is 0 Å². The smallest absolute Gasteiger partial charge is 0.0335 e. The minimum atomic E-state index is 0.360. The lowest BCUT2D eigenvalue weighted by Gasteiger charge is -2.50. The van der Waals surface area contributed by atoms with Crippen LogP contribution >= 0.6 is 11.8 Å². The molecule has 0 aromatic heterocycles. The Kier molecular flexibility index (Phi) is 3.97. The first-order valence-corrected chi connectivity index (χ1v) is 7.48. The van der Waals surface area contributed by atoms with Gasteiger partial charge in [0.25, 0.3) is 0 Å². The summed E-state index contributed by atoms with van der Waals surface area (Å²) < 4.78 is 0. The van der Waals surface area contributed by atoms with E-state index in [1.165, 1.54) is 50.2 Å². The van der Waals surface area contributed by atoms with E-state index in [0.29, 0.717) is 5.54 Å². The van der Waals surface area contributed by atoms with E-state index in [1.54, 1.807) is 0 Å². The van der Waals surface area contributed by atoms with Gasteiger partial charge in [-0.05, 0) is 19.8 Å². The maximum absolute atomic E-state index is 6.08. The fourth-order valence-corrected chi connectivity index (χ4v) is 4.26. The molecule has 15 heavy (non-hydrogen) atoms. The molecule has 1 aliphatic carbocycles. The summed E-state index contributed by atoms with van der Waals surface area (Å²) in [6, 6.07) is 0.727. The topological polar surface area (TPSA) is 29.3 Å². The standard InChI is InChI=1S/C12H24N2S/c1-11-9-15-8-7-14(11)12(10-13)5-3-2-4-6-12/h11H,2-10,13H2,1H3. The summed E-state index contributed by atoms with van der Waals surface area (Å²) in [6.45, 7) is 4.49. The van der Waals surface area contributed by atoms with Crippen LogP contribution in [0.4, 0.5) is 0 Å². The van der Waals surface area contributed by atoms with Crippen LogP contribution in [0.15, 0.2) is 0 Å². The van der Waals surface area contributed by atoms with Crippen LogP contribution in [0.5, 0.6) is 0 Å². The highest BCUT2D eigenvalue weighted by Gasteiger charge is 2.39. The maximum atomic E-state index is 6.08. The number of hydrogen-bond acceptors (Lipinski definition) is 3. The molecule has 0 aromatic carbocycles. The van der Waals surface area contributed by atoms with Crippen LogP contribution in [0.2, 0.25) is 0 Å². The molecule has 1 aliphatic heterocycles. The van der Waals surface area contributed by atoms with Crippen molar-refractivity contribution < 1.29 is 0 Å². The zero-order valence-electron chi connectivity index (χ0n) is 9.87. The summed E-state index contributed by atoms with van der Waals surface area (Å²) in [7, 11) is 0. The Morgan fingerprint density at radius 2 is 2.07 bits per heavy atom. The maximum Gasteiger partial charge on any atom is 0.0335 e. The Hall–Kier alpha value is 0.270. The minimum absolute atomic E-state index is 0.360. The molecule has 0 spiro atoms. The summed E-state index contributed by atoms with van der Waals surface area (Å²) in [5.74, 6) is 2.59. The van der Waals surface area contributed by atoms with E-state index < -0.39 is 0 Å². The Balaban J connectivity index is 2.08. The largest absolute Gasteiger partial charge is 0.329 e. The van der Waals surface area contributed by atoms with Crippen LogP contribution in [0.1, 0.15) is 39.0 Å². The molecule has 1 saturated heterocycles. The first-order chi connectivity index (χ1) is 7.28. The van der Waals surface area contributed by atoms with Crippen molar-refractivity contribution in [1.82, 2.24) is 4.90 Å². The number of hydrogen-bond donors (Lipinski definition) is 1. The number of thioether (sulfide) groups is 1. The van der Waals surface area contributed by atoms with Crippen LogP contribution in [-0.4, -0.2) is 41.1 Å². The van der Waals surface area contributed by atoms with Gasteiger partial charge in [-0.25, -0.2) is 0 Å². The van der Waals surface area contributed by atoms with E-state index in [-0.39, 0.29) is 0 Å². The number of nitrogens with two attached hydrogens (primary N) is 1. The van der Waals surface area contributed by atoms with Crippen LogP contribution in [0.3, 0.4) is 0 Å². The normalized spacial score (nSPS) is 32.8. The first kappa shape index (κ1) is 11.7. The molecule has 88 valence electrons. The molecule has 2 fully saturated rings. The molecule has 0 amide bonds. The van der Waals surface area contributed by atoms with Gasteiger partial charge in [0.2, 0.25) is 0 Å². The van der Waals surface area contributed by atoms with Gasteiger partial charge in [-0.2, -0.15) is 11.8 Å². The van der Waals surface area contributed by atoms with Crippen LogP contribution < -0.4 is 5.73 Å². The Bertz CT molecular complexity index is 202. The highest BCUT2D eigenvalue weighted by molar-refractivity contribution is 7.99. The zero-order valence-corrected chi connectivity index (χ0v) is 10.7. The van der Waals surface area contributed by atoms with Gasteiger partial charge >= 0.3 is 0 Å². The van der Waals surface area contributed by atoms with Gasteiger partial charge in [-0.1, -0.05) is 19.3 Å². The average molecular weight is 228 g/mol. The number of nitrogens with zero attached hydrogens (tertiary/aromatic N) is 1. The minimum Gasteiger partial charge on any atom is -0.329 e. The third-order valence-corrected chi connectivity index (χ3v) is 5.33. The highest BCUT2D eigenvalue weighted by Crippen LogP contribution is 2.36. The summed E-state index contributed by atoms with van der Waals surface area (Å²) in [5.41, 5.74) is 6.44. The molecule has 1 heterocycles. The van der Waals surface area contributed by atoms with Crippen molar-refractivity contribution >= 4 is 11.8 Å². The molecule has 2 N–H and O–H groups in total. The van der Waals surface area contributed by atoms with E-state index in [4.69, 9.17) is 5.73 Å².